The number of hydrogen-bond donors (Lipinski definition) is 1. The summed E-state index contributed by atoms with van der Waals surface area (Å²) in [5.41, 5.74) is 0.302. The van der Waals surface area contributed by atoms with Crippen LogP contribution in [-0.2, 0) is 0 Å². The molecule has 1 heterocycles. The first kappa shape index (κ1) is 8.74. The second-order valence-corrected chi connectivity index (χ2v) is 5.04. The number of halogens is 1. The molecular weight excluding hydrogens is 241 g/mol. The van der Waals surface area contributed by atoms with Crippen LogP contribution >= 0.6 is 22.9 Å². The van der Waals surface area contributed by atoms with E-state index >= 15 is 0 Å². The third-order valence-corrected chi connectivity index (χ3v) is 3.06. The van der Waals surface area contributed by atoms with Crippen molar-refractivity contribution < 1.29 is 5.11 Å². The van der Waals surface area contributed by atoms with Crippen LogP contribution in [0.1, 0.15) is 13.8 Å². The van der Waals surface area contributed by atoms with Crippen LogP contribution < -0.4 is 0 Å². The maximum Gasteiger partial charge on any atom is 0.0477 e. The van der Waals surface area contributed by atoms with Gasteiger partial charge in [0.05, 0.1) is 0 Å². The summed E-state index contributed by atoms with van der Waals surface area (Å²) in [6.45, 7) is 6.88. The van der Waals surface area contributed by atoms with Crippen LogP contribution in [0.4, 0.5) is 0 Å². The Balaban J connectivity index is 2.58. The molecule has 0 aromatic heterocycles. The van der Waals surface area contributed by atoms with Gasteiger partial charge in [-0.3, -0.25) is 0 Å². The van der Waals surface area contributed by atoms with E-state index < -0.39 is 0 Å². The highest BCUT2D eigenvalue weighted by molar-refractivity contribution is 14.1. The number of aliphatic hydroxyl groups is 1. The van der Waals surface area contributed by atoms with E-state index in [9.17, 15) is 0 Å². The van der Waals surface area contributed by atoms with Crippen LogP contribution in [-0.4, -0.2) is 27.9 Å². The molecule has 0 aromatic carbocycles. The molecule has 10 heavy (non-hydrogen) atoms. The summed E-state index contributed by atoms with van der Waals surface area (Å²) in [5, 5.41) is 8.99. The van der Waals surface area contributed by atoms with E-state index in [1.54, 1.807) is 0 Å². The summed E-state index contributed by atoms with van der Waals surface area (Å²) in [7, 11) is 0. The Hall–Kier alpha value is 0.650. The molecule has 60 valence electrons. The molecule has 0 saturated carbocycles. The predicted octanol–water partition coefficient (Wildman–Crippen LogP) is 1.29. The molecule has 2 nitrogen and oxygen atoms in total. The summed E-state index contributed by atoms with van der Waals surface area (Å²) in [5.74, 6) is 0.462. The molecule has 0 bridgehead atoms. The molecule has 0 aromatic rings. The van der Waals surface area contributed by atoms with Crippen LogP contribution in [0.2, 0.25) is 0 Å². The molecule has 0 aliphatic carbocycles. The quantitative estimate of drug-likeness (QED) is 0.563. The smallest absolute Gasteiger partial charge is 0.0477 e. The second kappa shape index (κ2) is 2.95. The minimum absolute atomic E-state index is 0.302. The Morgan fingerprint density at radius 3 is 2.50 bits per heavy atom. The lowest BCUT2D eigenvalue weighted by atomic mass is 9.83. The van der Waals surface area contributed by atoms with Crippen molar-refractivity contribution >= 4 is 22.9 Å². The van der Waals surface area contributed by atoms with Crippen molar-refractivity contribution in [2.24, 2.45) is 11.3 Å². The van der Waals surface area contributed by atoms with E-state index in [1.165, 1.54) is 0 Å². The molecular formula is C7H14INO. The molecule has 1 saturated heterocycles. The van der Waals surface area contributed by atoms with Gasteiger partial charge >= 0.3 is 0 Å². The van der Waals surface area contributed by atoms with Crippen LogP contribution in [0.25, 0.3) is 0 Å². The van der Waals surface area contributed by atoms with Gasteiger partial charge in [-0.1, -0.05) is 13.8 Å². The Morgan fingerprint density at radius 2 is 2.30 bits per heavy atom. The number of hydrogen-bond acceptors (Lipinski definition) is 2. The van der Waals surface area contributed by atoms with Crippen molar-refractivity contribution in [1.29, 1.82) is 0 Å². The van der Waals surface area contributed by atoms with E-state index in [4.69, 9.17) is 5.11 Å². The van der Waals surface area contributed by atoms with Crippen molar-refractivity contribution in [3.05, 3.63) is 0 Å². The molecule has 1 unspecified atom stereocenters. The Labute approximate surface area is 76.1 Å². The highest BCUT2D eigenvalue weighted by atomic mass is 127. The van der Waals surface area contributed by atoms with Crippen molar-refractivity contribution in [3.8, 4) is 0 Å². The highest BCUT2D eigenvalue weighted by Gasteiger charge is 2.37. The van der Waals surface area contributed by atoms with Gasteiger partial charge in [0.25, 0.3) is 0 Å². The van der Waals surface area contributed by atoms with Gasteiger partial charge in [0, 0.05) is 48.5 Å². The van der Waals surface area contributed by atoms with E-state index in [0.717, 1.165) is 13.1 Å². The first-order valence-corrected chi connectivity index (χ1v) is 4.54. The lowest BCUT2D eigenvalue weighted by molar-refractivity contribution is 0.161. The molecule has 1 N–H and O–H groups in total. The minimum Gasteiger partial charge on any atom is -0.396 e. The van der Waals surface area contributed by atoms with Crippen LogP contribution in [0.15, 0.2) is 0 Å². The zero-order chi connectivity index (χ0) is 7.78. The number of aliphatic hydroxyl groups excluding tert-OH is 1. The normalized spacial score (nSPS) is 33.0. The average molecular weight is 255 g/mol. The molecule has 1 aliphatic heterocycles. The first-order chi connectivity index (χ1) is 4.56. The summed E-state index contributed by atoms with van der Waals surface area (Å²) >= 11 is 2.32. The average Bonchev–Trinajstić information content (AvgIpc) is 2.04. The largest absolute Gasteiger partial charge is 0.396 e. The Bertz CT molecular complexity index is 127. The van der Waals surface area contributed by atoms with Crippen molar-refractivity contribution in [2.45, 2.75) is 13.8 Å². The minimum atomic E-state index is 0.302. The fraction of sp³-hybridized carbons (Fsp3) is 1.00. The lowest BCUT2D eigenvalue weighted by Crippen LogP contribution is -2.24. The summed E-state index contributed by atoms with van der Waals surface area (Å²) in [6, 6.07) is 0. The third kappa shape index (κ3) is 1.62. The summed E-state index contributed by atoms with van der Waals surface area (Å²) in [4.78, 5) is 0. The molecule has 0 spiro atoms. The van der Waals surface area contributed by atoms with Crippen LogP contribution in [0.3, 0.4) is 0 Å². The van der Waals surface area contributed by atoms with E-state index in [1.807, 2.05) is 0 Å². The van der Waals surface area contributed by atoms with E-state index in [0.29, 0.717) is 17.9 Å². The summed E-state index contributed by atoms with van der Waals surface area (Å²) in [6.07, 6.45) is 0. The van der Waals surface area contributed by atoms with Gasteiger partial charge in [-0.2, -0.15) is 0 Å². The molecule has 1 atom stereocenters. The van der Waals surface area contributed by atoms with Crippen molar-refractivity contribution in [2.75, 3.05) is 19.7 Å². The topological polar surface area (TPSA) is 23.5 Å². The van der Waals surface area contributed by atoms with Crippen LogP contribution in [0, 0.1) is 11.3 Å². The fourth-order valence-corrected chi connectivity index (χ4v) is 2.78. The summed E-state index contributed by atoms with van der Waals surface area (Å²) < 4.78 is 2.25. The maximum atomic E-state index is 8.99. The fourth-order valence-electron chi connectivity index (χ4n) is 1.43. The number of rotatable bonds is 1. The molecule has 3 heteroatoms. The Morgan fingerprint density at radius 1 is 1.70 bits per heavy atom. The van der Waals surface area contributed by atoms with Crippen LogP contribution in [0.5, 0.6) is 0 Å². The van der Waals surface area contributed by atoms with Gasteiger partial charge in [0.15, 0.2) is 0 Å². The molecule has 0 radical (unpaired) electrons. The van der Waals surface area contributed by atoms with E-state index in [2.05, 4.69) is 39.8 Å². The van der Waals surface area contributed by atoms with Gasteiger partial charge in [0.1, 0.15) is 0 Å². The first-order valence-electron chi connectivity index (χ1n) is 3.58. The maximum absolute atomic E-state index is 8.99. The van der Waals surface area contributed by atoms with Gasteiger partial charge < -0.3 is 5.11 Å². The van der Waals surface area contributed by atoms with Crippen molar-refractivity contribution in [1.82, 2.24) is 3.11 Å². The standard InChI is InChI=1S/C7H14INO/c1-7(2)5-9(8)3-6(7)4-10/h6,10H,3-5H2,1-2H3. The van der Waals surface area contributed by atoms with Gasteiger partial charge in [0.2, 0.25) is 0 Å². The van der Waals surface area contributed by atoms with Gasteiger partial charge in [-0.15, -0.1) is 0 Å². The Kier molecular flexibility index (Phi) is 2.58. The molecule has 1 fully saturated rings. The number of nitrogens with zero attached hydrogens (tertiary/aromatic N) is 1. The zero-order valence-electron chi connectivity index (χ0n) is 6.47. The van der Waals surface area contributed by atoms with E-state index in [-0.39, 0.29) is 0 Å². The third-order valence-electron chi connectivity index (χ3n) is 2.32. The lowest BCUT2D eigenvalue weighted by Gasteiger charge is -2.23. The highest BCUT2D eigenvalue weighted by Crippen LogP contribution is 2.36. The van der Waals surface area contributed by atoms with Gasteiger partial charge in [-0.05, 0) is 5.41 Å². The SMILES string of the molecule is CC1(C)CN(I)CC1CO. The monoisotopic (exact) mass is 255 g/mol. The van der Waals surface area contributed by atoms with Gasteiger partial charge in [-0.25, -0.2) is 3.11 Å². The second-order valence-electron chi connectivity index (χ2n) is 3.67. The molecule has 1 rings (SSSR count). The molecule has 1 aliphatic rings. The molecule has 0 amide bonds. The zero-order valence-corrected chi connectivity index (χ0v) is 8.63. The predicted molar refractivity (Wildman–Crippen MR) is 49.9 cm³/mol. The van der Waals surface area contributed by atoms with Crippen molar-refractivity contribution in [3.63, 3.8) is 0 Å².